The molecule has 0 saturated carbocycles. The molecule has 106 valence electrons. The summed E-state index contributed by atoms with van der Waals surface area (Å²) in [6, 6.07) is 0. The van der Waals surface area contributed by atoms with Gasteiger partial charge in [-0.25, -0.2) is 9.98 Å². The summed E-state index contributed by atoms with van der Waals surface area (Å²) in [5.74, 6) is 1.47. The fourth-order valence-electron chi connectivity index (χ4n) is 2.50. The Labute approximate surface area is 115 Å². The number of piperazine rings is 1. The minimum Gasteiger partial charge on any atom is -0.387 e. The van der Waals surface area contributed by atoms with Crippen LogP contribution in [0.4, 0.5) is 0 Å². The van der Waals surface area contributed by atoms with E-state index < -0.39 is 6.10 Å². The third kappa shape index (κ3) is 3.88. The second-order valence-electron chi connectivity index (χ2n) is 5.63. The van der Waals surface area contributed by atoms with E-state index in [1.54, 1.807) is 0 Å². The highest BCUT2D eigenvalue weighted by Crippen LogP contribution is 2.19. The molecule has 0 radical (unpaired) electrons. The van der Waals surface area contributed by atoms with Gasteiger partial charge in [0, 0.05) is 32.6 Å². The van der Waals surface area contributed by atoms with Crippen molar-refractivity contribution in [2.75, 3.05) is 33.2 Å². The molecule has 2 aliphatic rings. The molecule has 0 spiro atoms. The first-order valence-corrected chi connectivity index (χ1v) is 6.96. The summed E-state index contributed by atoms with van der Waals surface area (Å²) >= 11 is 0. The summed E-state index contributed by atoms with van der Waals surface area (Å²) in [7, 11) is 2.15. The van der Waals surface area contributed by atoms with Gasteiger partial charge in [-0.3, -0.25) is 0 Å². The van der Waals surface area contributed by atoms with Crippen molar-refractivity contribution in [1.29, 1.82) is 0 Å². The van der Waals surface area contributed by atoms with Crippen molar-refractivity contribution in [2.24, 2.45) is 15.9 Å². The van der Waals surface area contributed by atoms with E-state index in [1.807, 2.05) is 0 Å². The fourth-order valence-corrected chi connectivity index (χ4v) is 2.50. The van der Waals surface area contributed by atoms with Gasteiger partial charge in [-0.2, -0.15) is 0 Å². The Morgan fingerprint density at radius 3 is 2.68 bits per heavy atom. The van der Waals surface area contributed by atoms with Crippen LogP contribution in [-0.2, 0) is 0 Å². The molecule has 0 aromatic heterocycles. The van der Waals surface area contributed by atoms with Crippen LogP contribution in [0.5, 0.6) is 0 Å². The molecule has 0 aromatic rings. The molecule has 2 rings (SSSR count). The highest BCUT2D eigenvalue weighted by Gasteiger charge is 2.21. The van der Waals surface area contributed by atoms with Crippen molar-refractivity contribution in [2.45, 2.75) is 25.9 Å². The van der Waals surface area contributed by atoms with Gasteiger partial charge < -0.3 is 14.9 Å². The van der Waals surface area contributed by atoms with Crippen LogP contribution in [0.1, 0.15) is 19.8 Å². The Hall–Kier alpha value is -1.20. The van der Waals surface area contributed by atoms with Gasteiger partial charge in [-0.1, -0.05) is 13.5 Å². The van der Waals surface area contributed by atoms with Gasteiger partial charge in [-0.05, 0) is 19.4 Å². The average Bonchev–Trinajstić information content (AvgIpc) is 2.43. The number of aliphatic imine (C=N–C) groups is 2. The standard InChI is InChI=1S/C14H24N4O/c1-11-8-13(19)12(2)15-10-16-14(9-11)18-6-4-17(3)5-7-18/h10-11,13,19H,2,4-9H2,1,3H3/t11-,13-/m1/s1. The Bertz CT molecular complexity index is 383. The number of aliphatic hydroxyl groups excluding tert-OH is 1. The lowest BCUT2D eigenvalue weighted by molar-refractivity contribution is 0.177. The maximum Gasteiger partial charge on any atom is 0.117 e. The smallest absolute Gasteiger partial charge is 0.117 e. The van der Waals surface area contributed by atoms with Gasteiger partial charge in [0.15, 0.2) is 0 Å². The maximum atomic E-state index is 9.92. The Balaban J connectivity index is 2.08. The number of likely N-dealkylation sites (N-methyl/N-ethyl adjacent to an activating group) is 1. The molecule has 2 atom stereocenters. The van der Waals surface area contributed by atoms with Crippen LogP contribution < -0.4 is 0 Å². The molecule has 0 unspecified atom stereocenters. The van der Waals surface area contributed by atoms with Crippen LogP contribution in [0.25, 0.3) is 0 Å². The molecule has 1 saturated heterocycles. The fraction of sp³-hybridized carbons (Fsp3) is 0.714. The normalized spacial score (nSPS) is 30.6. The molecule has 1 N–H and O–H groups in total. The second kappa shape index (κ2) is 6.30. The molecule has 19 heavy (non-hydrogen) atoms. The minimum absolute atomic E-state index is 0.381. The molecular weight excluding hydrogens is 240 g/mol. The molecule has 0 amide bonds. The molecule has 5 heteroatoms. The highest BCUT2D eigenvalue weighted by atomic mass is 16.3. The van der Waals surface area contributed by atoms with E-state index in [-0.39, 0.29) is 0 Å². The van der Waals surface area contributed by atoms with E-state index in [0.717, 1.165) is 38.4 Å². The van der Waals surface area contributed by atoms with Gasteiger partial charge in [-0.15, -0.1) is 0 Å². The topological polar surface area (TPSA) is 51.4 Å². The first kappa shape index (κ1) is 14.2. The average molecular weight is 264 g/mol. The van der Waals surface area contributed by atoms with Gasteiger partial charge in [0.1, 0.15) is 12.2 Å². The minimum atomic E-state index is -0.548. The monoisotopic (exact) mass is 264 g/mol. The van der Waals surface area contributed by atoms with Crippen molar-refractivity contribution in [1.82, 2.24) is 9.80 Å². The summed E-state index contributed by atoms with van der Waals surface area (Å²) in [4.78, 5) is 13.3. The predicted octanol–water partition coefficient (Wildman–Crippen LogP) is 0.965. The number of rotatable bonds is 0. The van der Waals surface area contributed by atoms with Crippen molar-refractivity contribution in [3.8, 4) is 0 Å². The zero-order valence-electron chi connectivity index (χ0n) is 11.9. The van der Waals surface area contributed by atoms with Gasteiger partial charge >= 0.3 is 0 Å². The van der Waals surface area contributed by atoms with Crippen LogP contribution >= 0.6 is 0 Å². The van der Waals surface area contributed by atoms with Crippen molar-refractivity contribution in [3.05, 3.63) is 12.3 Å². The van der Waals surface area contributed by atoms with Crippen LogP contribution in [0.15, 0.2) is 22.3 Å². The number of amidine groups is 1. The van der Waals surface area contributed by atoms with Crippen LogP contribution in [0, 0.1) is 5.92 Å². The molecule has 5 nitrogen and oxygen atoms in total. The van der Waals surface area contributed by atoms with E-state index in [9.17, 15) is 5.11 Å². The van der Waals surface area contributed by atoms with Crippen molar-refractivity contribution < 1.29 is 5.11 Å². The van der Waals surface area contributed by atoms with E-state index >= 15 is 0 Å². The van der Waals surface area contributed by atoms with Crippen LogP contribution in [-0.4, -0.2) is 66.4 Å². The van der Waals surface area contributed by atoms with Crippen molar-refractivity contribution in [3.63, 3.8) is 0 Å². The first-order valence-electron chi connectivity index (χ1n) is 6.96. The van der Waals surface area contributed by atoms with Gasteiger partial charge in [0.25, 0.3) is 0 Å². The Morgan fingerprint density at radius 1 is 1.32 bits per heavy atom. The molecule has 0 bridgehead atoms. The third-order valence-corrected chi connectivity index (χ3v) is 3.84. The quantitative estimate of drug-likeness (QED) is 0.709. The zero-order chi connectivity index (χ0) is 13.8. The van der Waals surface area contributed by atoms with Crippen LogP contribution in [0.2, 0.25) is 0 Å². The molecular formula is C14H24N4O. The number of hydrogen-bond donors (Lipinski definition) is 1. The van der Waals surface area contributed by atoms with E-state index in [2.05, 4.69) is 40.3 Å². The van der Waals surface area contributed by atoms with Gasteiger partial charge in [0.05, 0.1) is 11.8 Å². The number of nitrogens with zero attached hydrogens (tertiary/aromatic N) is 4. The summed E-state index contributed by atoms with van der Waals surface area (Å²) in [5.41, 5.74) is 0.509. The van der Waals surface area contributed by atoms with E-state index in [1.165, 1.54) is 6.34 Å². The lowest BCUT2D eigenvalue weighted by Gasteiger charge is -2.35. The number of hydrogen-bond acceptors (Lipinski definition) is 5. The summed E-state index contributed by atoms with van der Waals surface area (Å²) in [6.07, 6.45) is 2.58. The number of aliphatic hydroxyl groups is 1. The van der Waals surface area contributed by atoms with Crippen LogP contribution in [0.3, 0.4) is 0 Å². The summed E-state index contributed by atoms with van der Waals surface area (Å²) in [6.45, 7) is 10.1. The lowest BCUT2D eigenvalue weighted by Crippen LogP contribution is -2.47. The van der Waals surface area contributed by atoms with E-state index in [4.69, 9.17) is 0 Å². The summed E-state index contributed by atoms with van der Waals surface area (Å²) < 4.78 is 0. The molecule has 0 aliphatic carbocycles. The molecule has 1 fully saturated rings. The van der Waals surface area contributed by atoms with Gasteiger partial charge in [0.2, 0.25) is 0 Å². The maximum absolute atomic E-state index is 9.92. The van der Waals surface area contributed by atoms with Crippen molar-refractivity contribution >= 4 is 12.2 Å². The highest BCUT2D eigenvalue weighted by molar-refractivity contribution is 5.89. The largest absolute Gasteiger partial charge is 0.387 e. The molecule has 2 aliphatic heterocycles. The predicted molar refractivity (Wildman–Crippen MR) is 78.5 cm³/mol. The summed E-state index contributed by atoms with van der Waals surface area (Å²) in [5, 5.41) is 9.92. The molecule has 2 heterocycles. The van der Waals surface area contributed by atoms with E-state index in [0.29, 0.717) is 18.0 Å². The third-order valence-electron chi connectivity index (χ3n) is 3.84. The lowest BCUT2D eigenvalue weighted by atomic mass is 9.98. The SMILES string of the molecule is C=C1N=CN=C(N2CCN(C)CC2)C[C@H](C)C[C@H]1O. The second-order valence-corrected chi connectivity index (χ2v) is 5.63. The zero-order valence-corrected chi connectivity index (χ0v) is 11.9. The first-order chi connectivity index (χ1) is 9.06. The molecule has 0 aromatic carbocycles. The Morgan fingerprint density at radius 2 is 2.00 bits per heavy atom. The Kier molecular flexibility index (Phi) is 4.71.